The van der Waals surface area contributed by atoms with Crippen LogP contribution in [0.25, 0.3) is 11.5 Å². The molecule has 0 aliphatic carbocycles. The highest BCUT2D eigenvalue weighted by atomic mass is 19.4. The van der Waals surface area contributed by atoms with Crippen molar-refractivity contribution < 1.29 is 27.1 Å². The van der Waals surface area contributed by atoms with Gasteiger partial charge in [0.1, 0.15) is 5.60 Å². The molecule has 0 atom stereocenters. The molecular formula is C23H24F3N3O3. The molecule has 3 rings (SSSR count). The summed E-state index contributed by atoms with van der Waals surface area (Å²) in [6.45, 7) is 5.60. The van der Waals surface area contributed by atoms with Gasteiger partial charge in [-0.25, -0.2) is 4.79 Å². The number of hydrogen-bond acceptors (Lipinski definition) is 5. The summed E-state index contributed by atoms with van der Waals surface area (Å²) in [7, 11) is 0. The van der Waals surface area contributed by atoms with E-state index in [1.54, 1.807) is 20.8 Å². The smallest absolute Gasteiger partial charge is 0.416 e. The van der Waals surface area contributed by atoms with Gasteiger partial charge < -0.3 is 14.5 Å². The predicted octanol–water partition coefficient (Wildman–Crippen LogP) is 5.41. The summed E-state index contributed by atoms with van der Waals surface area (Å²) in [6.07, 6.45) is -4.16. The quantitative estimate of drug-likeness (QED) is 0.547. The fourth-order valence-corrected chi connectivity index (χ4v) is 2.96. The van der Waals surface area contributed by atoms with Crippen LogP contribution in [0.3, 0.4) is 0 Å². The van der Waals surface area contributed by atoms with E-state index in [4.69, 9.17) is 9.15 Å². The molecule has 170 valence electrons. The molecular weight excluding hydrogens is 423 g/mol. The zero-order chi connectivity index (χ0) is 23.4. The lowest BCUT2D eigenvalue weighted by Crippen LogP contribution is -2.33. The number of halogens is 3. The molecule has 1 aromatic heterocycles. The lowest BCUT2D eigenvalue weighted by Gasteiger charge is -2.19. The first-order valence-corrected chi connectivity index (χ1v) is 10.0. The van der Waals surface area contributed by atoms with Crippen LogP contribution in [-0.2, 0) is 23.8 Å². The van der Waals surface area contributed by atoms with Crippen molar-refractivity contribution in [3.05, 3.63) is 71.1 Å². The number of alkyl halides is 3. The summed E-state index contributed by atoms with van der Waals surface area (Å²) in [5.41, 5.74) is 1.00. The number of nitrogens with one attached hydrogen (secondary N) is 1. The van der Waals surface area contributed by atoms with Crippen molar-refractivity contribution in [3.63, 3.8) is 0 Å². The number of rotatable bonds is 6. The maximum atomic E-state index is 12.8. The average Bonchev–Trinajstić information content (AvgIpc) is 3.15. The number of aromatic nitrogens is 2. The van der Waals surface area contributed by atoms with Gasteiger partial charge in [-0.1, -0.05) is 30.3 Å². The second-order valence-corrected chi connectivity index (χ2v) is 8.21. The van der Waals surface area contributed by atoms with Crippen molar-refractivity contribution in [3.8, 4) is 11.5 Å². The molecule has 0 aliphatic heterocycles. The largest absolute Gasteiger partial charge is 0.444 e. The first-order chi connectivity index (χ1) is 15.0. The van der Waals surface area contributed by atoms with Gasteiger partial charge in [-0.15, -0.1) is 10.2 Å². The van der Waals surface area contributed by atoms with Crippen molar-refractivity contribution in [1.82, 2.24) is 15.5 Å². The van der Waals surface area contributed by atoms with Gasteiger partial charge in [0.2, 0.25) is 11.8 Å². The fourth-order valence-electron chi connectivity index (χ4n) is 2.96. The van der Waals surface area contributed by atoms with Crippen molar-refractivity contribution in [2.45, 2.75) is 45.4 Å². The second kappa shape index (κ2) is 9.42. The van der Waals surface area contributed by atoms with Gasteiger partial charge in [-0.2, -0.15) is 13.2 Å². The van der Waals surface area contributed by atoms with E-state index in [-0.39, 0.29) is 6.54 Å². The van der Waals surface area contributed by atoms with E-state index in [9.17, 15) is 18.0 Å². The Hall–Kier alpha value is -3.36. The molecule has 1 N–H and O–H groups in total. The molecule has 3 aromatic rings. The van der Waals surface area contributed by atoms with Crippen molar-refractivity contribution >= 4 is 6.09 Å². The number of carbonyl (C=O) groups excluding carboxylic acids is 1. The molecule has 2 aromatic carbocycles. The summed E-state index contributed by atoms with van der Waals surface area (Å²) < 4.78 is 49.2. The number of amides is 1. The zero-order valence-electron chi connectivity index (χ0n) is 18.0. The molecule has 1 heterocycles. The van der Waals surface area contributed by atoms with Gasteiger partial charge in [-0.05, 0) is 56.5 Å². The normalized spacial score (nSPS) is 11.9. The Morgan fingerprint density at radius 1 is 1.03 bits per heavy atom. The molecule has 0 saturated heterocycles. The van der Waals surface area contributed by atoms with Gasteiger partial charge in [0.15, 0.2) is 0 Å². The Morgan fingerprint density at radius 3 is 2.38 bits per heavy atom. The lowest BCUT2D eigenvalue weighted by atomic mass is 9.99. The Kier molecular flexibility index (Phi) is 6.86. The molecule has 0 spiro atoms. The third-order valence-electron chi connectivity index (χ3n) is 4.40. The monoisotopic (exact) mass is 447 g/mol. The molecule has 32 heavy (non-hydrogen) atoms. The highest BCUT2D eigenvalue weighted by Gasteiger charge is 2.30. The molecule has 0 bridgehead atoms. The van der Waals surface area contributed by atoms with E-state index in [0.29, 0.717) is 30.2 Å². The maximum Gasteiger partial charge on any atom is 0.416 e. The average molecular weight is 447 g/mol. The second-order valence-electron chi connectivity index (χ2n) is 8.21. The molecule has 1 amide bonds. The van der Waals surface area contributed by atoms with Crippen LogP contribution in [0, 0.1) is 0 Å². The van der Waals surface area contributed by atoms with Crippen molar-refractivity contribution in [2.24, 2.45) is 0 Å². The van der Waals surface area contributed by atoms with Crippen molar-refractivity contribution in [1.29, 1.82) is 0 Å². The number of nitrogens with zero attached hydrogens (tertiary/aromatic N) is 2. The van der Waals surface area contributed by atoms with Crippen LogP contribution in [-0.4, -0.2) is 28.4 Å². The van der Waals surface area contributed by atoms with E-state index >= 15 is 0 Å². The number of carbonyl (C=O) groups is 1. The SMILES string of the molecule is CC(C)(C)OC(=O)NCCc1nnc(-c2ccccc2Cc2ccc(C(F)(F)F)cc2)o1. The van der Waals surface area contributed by atoms with Gasteiger partial charge in [0, 0.05) is 18.5 Å². The minimum absolute atomic E-state index is 0.268. The fraction of sp³-hybridized carbons (Fsp3) is 0.348. The van der Waals surface area contributed by atoms with Gasteiger partial charge >= 0.3 is 12.3 Å². The van der Waals surface area contributed by atoms with Crippen LogP contribution in [0.5, 0.6) is 0 Å². The molecule has 0 fully saturated rings. The molecule has 0 aliphatic rings. The Bertz CT molecular complexity index is 1050. The minimum atomic E-state index is -4.37. The summed E-state index contributed by atoms with van der Waals surface area (Å²) in [4.78, 5) is 11.7. The van der Waals surface area contributed by atoms with Crippen LogP contribution in [0.1, 0.15) is 43.4 Å². The van der Waals surface area contributed by atoms with Gasteiger partial charge in [-0.3, -0.25) is 0 Å². The third kappa shape index (κ3) is 6.57. The van der Waals surface area contributed by atoms with Gasteiger partial charge in [0.05, 0.1) is 5.56 Å². The Morgan fingerprint density at radius 2 is 1.72 bits per heavy atom. The standard InChI is InChI=1S/C23H24F3N3O3/c1-22(2,3)32-21(30)27-13-12-19-28-29-20(31-19)18-7-5-4-6-16(18)14-15-8-10-17(11-9-15)23(24,25)26/h4-11H,12-14H2,1-3H3,(H,27,30). The highest BCUT2D eigenvalue weighted by Crippen LogP contribution is 2.30. The summed E-state index contributed by atoms with van der Waals surface area (Å²) in [5.74, 6) is 0.653. The van der Waals surface area contributed by atoms with Crippen LogP contribution >= 0.6 is 0 Å². The summed E-state index contributed by atoms with van der Waals surface area (Å²) >= 11 is 0. The topological polar surface area (TPSA) is 77.2 Å². The van der Waals surface area contributed by atoms with Crippen LogP contribution in [0.15, 0.2) is 52.9 Å². The molecule has 6 nitrogen and oxygen atoms in total. The van der Waals surface area contributed by atoms with Crippen LogP contribution < -0.4 is 5.32 Å². The number of alkyl carbamates (subject to hydrolysis) is 1. The number of ether oxygens (including phenoxy) is 1. The Labute approximate surface area is 183 Å². The van der Waals surface area contributed by atoms with Crippen LogP contribution in [0.4, 0.5) is 18.0 Å². The minimum Gasteiger partial charge on any atom is -0.444 e. The molecule has 0 radical (unpaired) electrons. The van der Waals surface area contributed by atoms with E-state index in [1.165, 1.54) is 12.1 Å². The lowest BCUT2D eigenvalue weighted by molar-refractivity contribution is -0.137. The van der Waals surface area contributed by atoms with E-state index in [1.807, 2.05) is 24.3 Å². The first kappa shape index (κ1) is 23.3. The van der Waals surface area contributed by atoms with Crippen LogP contribution in [0.2, 0.25) is 0 Å². The summed E-state index contributed by atoms with van der Waals surface area (Å²) in [5, 5.41) is 10.7. The van der Waals surface area contributed by atoms with E-state index in [0.717, 1.165) is 23.3 Å². The van der Waals surface area contributed by atoms with Gasteiger partial charge in [0.25, 0.3) is 0 Å². The van der Waals surface area contributed by atoms with E-state index in [2.05, 4.69) is 15.5 Å². The van der Waals surface area contributed by atoms with Crippen molar-refractivity contribution in [2.75, 3.05) is 6.54 Å². The summed E-state index contributed by atoms with van der Waals surface area (Å²) in [6, 6.07) is 12.4. The Balaban J connectivity index is 1.66. The molecule has 0 saturated carbocycles. The number of benzene rings is 2. The molecule has 0 unspecified atom stereocenters. The maximum absolute atomic E-state index is 12.8. The third-order valence-corrected chi connectivity index (χ3v) is 4.40. The first-order valence-electron chi connectivity index (χ1n) is 10.0. The molecule has 9 heteroatoms. The number of hydrogen-bond donors (Lipinski definition) is 1. The predicted molar refractivity (Wildman–Crippen MR) is 112 cm³/mol. The highest BCUT2D eigenvalue weighted by molar-refractivity contribution is 5.67. The van der Waals surface area contributed by atoms with E-state index < -0.39 is 23.4 Å². The zero-order valence-corrected chi connectivity index (χ0v) is 18.0.